The Labute approximate surface area is 108 Å². The molecule has 0 atom stereocenters. The van der Waals surface area contributed by atoms with Gasteiger partial charge in [0.2, 0.25) is 0 Å². The molecule has 1 fully saturated rings. The van der Waals surface area contributed by atoms with Gasteiger partial charge in [0.05, 0.1) is 0 Å². The predicted molar refractivity (Wildman–Crippen MR) is 72.7 cm³/mol. The highest BCUT2D eigenvalue weighted by atomic mass is 16.1. The minimum atomic E-state index is -0.109. The molecule has 1 aliphatic carbocycles. The number of anilines is 1. The molecule has 0 saturated heterocycles. The quantitative estimate of drug-likeness (QED) is 0.840. The van der Waals surface area contributed by atoms with Crippen LogP contribution >= 0.6 is 0 Å². The van der Waals surface area contributed by atoms with E-state index in [-0.39, 0.29) is 5.91 Å². The summed E-state index contributed by atoms with van der Waals surface area (Å²) in [5.41, 5.74) is 1.46. The molecule has 4 heteroatoms. The van der Waals surface area contributed by atoms with Gasteiger partial charge in [-0.05, 0) is 37.8 Å². The summed E-state index contributed by atoms with van der Waals surface area (Å²) < 4.78 is 0. The summed E-state index contributed by atoms with van der Waals surface area (Å²) in [4.78, 5) is 15.7. The molecule has 0 aliphatic heterocycles. The molecule has 1 saturated carbocycles. The Hall–Kier alpha value is -1.58. The van der Waals surface area contributed by atoms with Gasteiger partial charge >= 0.3 is 0 Å². The van der Waals surface area contributed by atoms with Crippen molar-refractivity contribution in [3.63, 3.8) is 0 Å². The molecule has 0 radical (unpaired) electrons. The zero-order valence-corrected chi connectivity index (χ0v) is 10.9. The van der Waals surface area contributed by atoms with E-state index < -0.39 is 0 Å². The molecule has 1 heterocycles. The highest BCUT2D eigenvalue weighted by Gasteiger charge is 2.14. The lowest BCUT2D eigenvalue weighted by Crippen LogP contribution is -2.23. The number of nitrogens with zero attached hydrogens (tertiary/aromatic N) is 1. The van der Waals surface area contributed by atoms with E-state index in [0.29, 0.717) is 12.2 Å². The third-order valence-corrected chi connectivity index (χ3v) is 3.40. The minimum absolute atomic E-state index is 0.109. The van der Waals surface area contributed by atoms with Crippen molar-refractivity contribution in [2.75, 3.05) is 18.4 Å². The van der Waals surface area contributed by atoms with Gasteiger partial charge in [0.1, 0.15) is 5.69 Å². The van der Waals surface area contributed by atoms with Crippen LogP contribution in [-0.4, -0.2) is 24.0 Å². The van der Waals surface area contributed by atoms with Crippen LogP contribution in [0.1, 0.15) is 43.1 Å². The van der Waals surface area contributed by atoms with Crippen molar-refractivity contribution in [3.8, 4) is 0 Å². The van der Waals surface area contributed by atoms with Crippen LogP contribution < -0.4 is 10.6 Å². The van der Waals surface area contributed by atoms with Crippen molar-refractivity contribution >= 4 is 11.6 Å². The van der Waals surface area contributed by atoms with Crippen LogP contribution in [0.5, 0.6) is 0 Å². The Morgan fingerprint density at radius 2 is 2.22 bits per heavy atom. The molecule has 1 aromatic rings. The Bertz CT molecular complexity index is 400. The molecule has 2 rings (SSSR count). The summed E-state index contributed by atoms with van der Waals surface area (Å²) >= 11 is 0. The number of pyridine rings is 1. The van der Waals surface area contributed by atoms with Crippen molar-refractivity contribution in [1.29, 1.82) is 0 Å². The summed E-state index contributed by atoms with van der Waals surface area (Å²) in [5, 5.41) is 6.16. The van der Waals surface area contributed by atoms with Gasteiger partial charge in [-0.15, -0.1) is 0 Å². The Morgan fingerprint density at radius 1 is 1.44 bits per heavy atom. The van der Waals surface area contributed by atoms with Gasteiger partial charge < -0.3 is 10.6 Å². The molecule has 2 N–H and O–H groups in total. The van der Waals surface area contributed by atoms with Gasteiger partial charge in [-0.25, -0.2) is 0 Å². The molecule has 0 spiro atoms. The first-order valence-electron chi connectivity index (χ1n) is 6.77. The number of amides is 1. The molecule has 18 heavy (non-hydrogen) atoms. The molecular formula is C14H21N3O. The Balaban J connectivity index is 1.91. The fraction of sp³-hybridized carbons (Fsp3) is 0.571. The van der Waals surface area contributed by atoms with E-state index in [1.165, 1.54) is 25.7 Å². The topological polar surface area (TPSA) is 54.0 Å². The molecule has 0 aromatic carbocycles. The third kappa shape index (κ3) is 3.45. The number of carbonyl (C=O) groups is 1. The average molecular weight is 247 g/mol. The third-order valence-electron chi connectivity index (χ3n) is 3.40. The number of rotatable bonds is 5. The second-order valence-corrected chi connectivity index (χ2v) is 4.82. The first-order valence-corrected chi connectivity index (χ1v) is 6.77. The van der Waals surface area contributed by atoms with E-state index in [2.05, 4.69) is 15.6 Å². The maximum atomic E-state index is 11.7. The molecule has 98 valence electrons. The van der Waals surface area contributed by atoms with E-state index >= 15 is 0 Å². The number of aromatic nitrogens is 1. The number of nitrogens with one attached hydrogen (secondary N) is 2. The van der Waals surface area contributed by atoms with Crippen LogP contribution in [0.3, 0.4) is 0 Å². The van der Waals surface area contributed by atoms with E-state index in [4.69, 9.17) is 0 Å². The van der Waals surface area contributed by atoms with Crippen LogP contribution in [0.25, 0.3) is 0 Å². The Morgan fingerprint density at radius 3 is 2.94 bits per heavy atom. The van der Waals surface area contributed by atoms with Crippen molar-refractivity contribution in [3.05, 3.63) is 24.0 Å². The highest BCUT2D eigenvalue weighted by molar-refractivity contribution is 5.93. The van der Waals surface area contributed by atoms with E-state index in [9.17, 15) is 4.79 Å². The Kier molecular flexibility index (Phi) is 4.56. The molecule has 1 aromatic heterocycles. The van der Waals surface area contributed by atoms with Crippen LogP contribution in [0.4, 0.5) is 5.69 Å². The normalized spacial score (nSPS) is 15.6. The molecular weight excluding hydrogens is 226 g/mol. The van der Waals surface area contributed by atoms with Gasteiger partial charge in [0, 0.05) is 25.0 Å². The van der Waals surface area contributed by atoms with Crippen LogP contribution in [0.2, 0.25) is 0 Å². The van der Waals surface area contributed by atoms with Gasteiger partial charge in [-0.1, -0.05) is 12.8 Å². The number of hydrogen-bond acceptors (Lipinski definition) is 3. The highest BCUT2D eigenvalue weighted by Crippen LogP contribution is 2.24. The fourth-order valence-corrected chi connectivity index (χ4v) is 2.39. The van der Waals surface area contributed by atoms with Crippen LogP contribution in [0, 0.1) is 5.92 Å². The van der Waals surface area contributed by atoms with E-state index in [1.807, 2.05) is 19.1 Å². The maximum absolute atomic E-state index is 11.7. The monoisotopic (exact) mass is 247 g/mol. The predicted octanol–water partition coefficient (Wildman–Crippen LogP) is 2.43. The maximum Gasteiger partial charge on any atom is 0.269 e. The molecule has 1 aliphatic rings. The van der Waals surface area contributed by atoms with Gasteiger partial charge in [-0.3, -0.25) is 9.78 Å². The van der Waals surface area contributed by atoms with E-state index in [1.54, 1.807) is 6.20 Å². The smallest absolute Gasteiger partial charge is 0.269 e. The lowest BCUT2D eigenvalue weighted by molar-refractivity contribution is 0.0951. The molecule has 0 bridgehead atoms. The first kappa shape index (κ1) is 12.9. The van der Waals surface area contributed by atoms with Gasteiger partial charge in [0.25, 0.3) is 5.91 Å². The summed E-state index contributed by atoms with van der Waals surface area (Å²) in [7, 11) is 0. The molecule has 4 nitrogen and oxygen atoms in total. The van der Waals surface area contributed by atoms with Crippen molar-refractivity contribution in [1.82, 2.24) is 10.3 Å². The minimum Gasteiger partial charge on any atom is -0.385 e. The standard InChI is InChI=1S/C14H21N3O/c1-2-15-14(18)13-9-12(7-8-16-13)17-10-11-5-3-4-6-11/h7-9,11H,2-6,10H2,1H3,(H,15,18)(H,16,17). The summed E-state index contributed by atoms with van der Waals surface area (Å²) in [6.45, 7) is 3.53. The average Bonchev–Trinajstić information content (AvgIpc) is 2.90. The SMILES string of the molecule is CCNC(=O)c1cc(NCC2CCCC2)ccn1. The second kappa shape index (κ2) is 6.38. The molecule has 1 amide bonds. The van der Waals surface area contributed by atoms with Crippen molar-refractivity contribution < 1.29 is 4.79 Å². The second-order valence-electron chi connectivity index (χ2n) is 4.82. The zero-order valence-electron chi connectivity index (χ0n) is 10.9. The van der Waals surface area contributed by atoms with Crippen molar-refractivity contribution in [2.24, 2.45) is 5.92 Å². The molecule has 0 unspecified atom stereocenters. The summed E-state index contributed by atoms with van der Waals surface area (Å²) in [6, 6.07) is 3.73. The largest absolute Gasteiger partial charge is 0.385 e. The fourth-order valence-electron chi connectivity index (χ4n) is 2.39. The zero-order chi connectivity index (χ0) is 12.8. The number of carbonyl (C=O) groups excluding carboxylic acids is 1. The lowest BCUT2D eigenvalue weighted by atomic mass is 10.1. The number of hydrogen-bond donors (Lipinski definition) is 2. The first-order chi connectivity index (χ1) is 8.79. The summed E-state index contributed by atoms with van der Waals surface area (Å²) in [6.07, 6.45) is 7.03. The summed E-state index contributed by atoms with van der Waals surface area (Å²) in [5.74, 6) is 0.674. The van der Waals surface area contributed by atoms with Crippen LogP contribution in [-0.2, 0) is 0 Å². The van der Waals surface area contributed by atoms with Crippen LogP contribution in [0.15, 0.2) is 18.3 Å². The van der Waals surface area contributed by atoms with Gasteiger partial charge in [0.15, 0.2) is 0 Å². The lowest BCUT2D eigenvalue weighted by Gasteiger charge is -2.12. The van der Waals surface area contributed by atoms with E-state index in [0.717, 1.165) is 18.2 Å². The van der Waals surface area contributed by atoms with Gasteiger partial charge in [-0.2, -0.15) is 0 Å². The van der Waals surface area contributed by atoms with Crippen molar-refractivity contribution in [2.45, 2.75) is 32.6 Å².